The Labute approximate surface area is 141 Å². The molecule has 0 fully saturated rings. The Hall–Kier alpha value is -1.87. The topological polar surface area (TPSA) is 103 Å². The fraction of sp³-hybridized carbons (Fsp3) is 0.429. The number of thioether (sulfide) groups is 1. The standard InChI is InChI=1S/C14H17N5O2S2/c1-19-7-16-18-14(19)22-6-10(20)17-13-11(12(15)21)8-4-2-3-5-9(8)23-13/h7H,2-6H2,1H3,(H2,15,21)(H,17,20). The van der Waals surface area contributed by atoms with Gasteiger partial charge in [-0.2, -0.15) is 0 Å². The van der Waals surface area contributed by atoms with Crippen LogP contribution in [0.2, 0.25) is 0 Å². The molecule has 0 spiro atoms. The van der Waals surface area contributed by atoms with Crippen LogP contribution in [-0.4, -0.2) is 32.3 Å². The molecule has 3 N–H and O–H groups in total. The first-order valence-electron chi connectivity index (χ1n) is 7.27. The Kier molecular flexibility index (Phi) is 4.67. The second-order valence-corrected chi connectivity index (χ2v) is 7.39. The zero-order valence-electron chi connectivity index (χ0n) is 12.7. The molecule has 2 aromatic rings. The quantitative estimate of drug-likeness (QED) is 0.796. The maximum atomic E-state index is 12.2. The Morgan fingerprint density at radius 2 is 2.22 bits per heavy atom. The number of amides is 2. The molecule has 2 heterocycles. The summed E-state index contributed by atoms with van der Waals surface area (Å²) in [6, 6.07) is 0. The lowest BCUT2D eigenvalue weighted by Crippen LogP contribution is -2.19. The third kappa shape index (κ3) is 3.40. The number of hydrogen-bond acceptors (Lipinski definition) is 6. The fourth-order valence-corrected chi connectivity index (χ4v) is 4.61. The minimum Gasteiger partial charge on any atom is -0.365 e. The molecule has 3 rings (SSSR count). The molecule has 7 nitrogen and oxygen atoms in total. The number of hydrogen-bond donors (Lipinski definition) is 2. The summed E-state index contributed by atoms with van der Waals surface area (Å²) in [4.78, 5) is 25.1. The average molecular weight is 351 g/mol. The van der Waals surface area contributed by atoms with Crippen molar-refractivity contribution in [2.45, 2.75) is 30.8 Å². The van der Waals surface area contributed by atoms with Crippen LogP contribution in [-0.2, 0) is 24.7 Å². The van der Waals surface area contributed by atoms with E-state index in [0.717, 1.165) is 31.2 Å². The van der Waals surface area contributed by atoms with Gasteiger partial charge in [0, 0.05) is 11.9 Å². The lowest BCUT2D eigenvalue weighted by Gasteiger charge is -2.11. The third-order valence-electron chi connectivity index (χ3n) is 3.67. The van der Waals surface area contributed by atoms with E-state index in [9.17, 15) is 9.59 Å². The number of carbonyl (C=O) groups excluding carboxylic acids is 2. The first-order valence-corrected chi connectivity index (χ1v) is 9.07. The van der Waals surface area contributed by atoms with E-state index in [1.165, 1.54) is 28.0 Å². The fourth-order valence-electron chi connectivity index (χ4n) is 2.61. The molecule has 0 atom stereocenters. The summed E-state index contributed by atoms with van der Waals surface area (Å²) in [5.41, 5.74) is 7.03. The second-order valence-electron chi connectivity index (χ2n) is 5.34. The van der Waals surface area contributed by atoms with Crippen LogP contribution in [0.1, 0.15) is 33.6 Å². The molecule has 1 aliphatic carbocycles. The van der Waals surface area contributed by atoms with E-state index in [1.54, 1.807) is 10.9 Å². The smallest absolute Gasteiger partial charge is 0.251 e. The minimum atomic E-state index is -0.472. The summed E-state index contributed by atoms with van der Waals surface area (Å²) in [5.74, 6) is -0.451. The SMILES string of the molecule is Cn1cnnc1SCC(=O)Nc1sc2c(c1C(N)=O)CCCC2. The molecule has 122 valence electrons. The van der Waals surface area contributed by atoms with E-state index in [4.69, 9.17) is 5.73 Å². The number of nitrogens with two attached hydrogens (primary N) is 1. The minimum absolute atomic E-state index is 0.181. The summed E-state index contributed by atoms with van der Waals surface area (Å²) in [7, 11) is 1.82. The van der Waals surface area contributed by atoms with E-state index in [-0.39, 0.29) is 11.7 Å². The van der Waals surface area contributed by atoms with Gasteiger partial charge in [-0.25, -0.2) is 0 Å². The molecule has 9 heteroatoms. The molecular formula is C14H17N5O2S2. The Balaban J connectivity index is 1.72. The van der Waals surface area contributed by atoms with E-state index in [0.29, 0.717) is 15.7 Å². The van der Waals surface area contributed by atoms with Crippen molar-refractivity contribution in [1.29, 1.82) is 0 Å². The highest BCUT2D eigenvalue weighted by atomic mass is 32.2. The number of fused-ring (bicyclic) bond motifs is 1. The molecule has 0 saturated carbocycles. The Morgan fingerprint density at radius 3 is 2.91 bits per heavy atom. The van der Waals surface area contributed by atoms with Gasteiger partial charge in [0.1, 0.15) is 11.3 Å². The Morgan fingerprint density at radius 1 is 1.43 bits per heavy atom. The van der Waals surface area contributed by atoms with E-state index >= 15 is 0 Å². The predicted octanol–water partition coefficient (Wildman–Crippen LogP) is 1.59. The van der Waals surface area contributed by atoms with Gasteiger partial charge < -0.3 is 15.6 Å². The second kappa shape index (κ2) is 6.71. The molecule has 23 heavy (non-hydrogen) atoms. The number of anilines is 1. The van der Waals surface area contributed by atoms with Gasteiger partial charge in [-0.15, -0.1) is 21.5 Å². The van der Waals surface area contributed by atoms with Gasteiger partial charge in [0.15, 0.2) is 5.16 Å². The number of aromatic nitrogens is 3. The zero-order valence-corrected chi connectivity index (χ0v) is 14.3. The molecule has 0 aromatic carbocycles. The highest BCUT2D eigenvalue weighted by molar-refractivity contribution is 7.99. The monoisotopic (exact) mass is 351 g/mol. The van der Waals surface area contributed by atoms with Crippen LogP contribution in [0.15, 0.2) is 11.5 Å². The van der Waals surface area contributed by atoms with Crippen molar-refractivity contribution in [3.05, 3.63) is 22.3 Å². The van der Waals surface area contributed by atoms with Crippen molar-refractivity contribution >= 4 is 39.9 Å². The number of carbonyl (C=O) groups is 2. The normalized spacial score (nSPS) is 13.6. The summed E-state index contributed by atoms with van der Waals surface area (Å²) < 4.78 is 1.75. The van der Waals surface area contributed by atoms with E-state index in [1.807, 2.05) is 7.05 Å². The lowest BCUT2D eigenvalue weighted by atomic mass is 9.95. The first kappa shape index (κ1) is 16.0. The number of nitrogens with zero attached hydrogens (tertiary/aromatic N) is 3. The molecule has 2 aromatic heterocycles. The Bertz CT molecular complexity index is 752. The molecule has 0 unspecified atom stereocenters. The summed E-state index contributed by atoms with van der Waals surface area (Å²) in [6.07, 6.45) is 5.55. The number of rotatable bonds is 5. The highest BCUT2D eigenvalue weighted by Crippen LogP contribution is 2.37. The molecular weight excluding hydrogens is 334 g/mol. The van der Waals surface area contributed by atoms with Crippen LogP contribution in [0.5, 0.6) is 0 Å². The van der Waals surface area contributed by atoms with Crippen molar-refractivity contribution in [3.63, 3.8) is 0 Å². The van der Waals surface area contributed by atoms with Crippen molar-refractivity contribution in [2.24, 2.45) is 12.8 Å². The van der Waals surface area contributed by atoms with Gasteiger partial charge in [0.25, 0.3) is 5.91 Å². The van der Waals surface area contributed by atoms with E-state index < -0.39 is 5.91 Å². The van der Waals surface area contributed by atoms with Gasteiger partial charge in [-0.05, 0) is 31.2 Å². The highest BCUT2D eigenvalue weighted by Gasteiger charge is 2.24. The number of aryl methyl sites for hydroxylation is 2. The first-order chi connectivity index (χ1) is 11.1. The van der Waals surface area contributed by atoms with Gasteiger partial charge in [-0.1, -0.05) is 11.8 Å². The van der Waals surface area contributed by atoms with Crippen LogP contribution in [0.3, 0.4) is 0 Å². The predicted molar refractivity (Wildman–Crippen MR) is 89.8 cm³/mol. The van der Waals surface area contributed by atoms with E-state index in [2.05, 4.69) is 15.5 Å². The lowest BCUT2D eigenvalue weighted by molar-refractivity contribution is -0.113. The molecule has 1 aliphatic rings. The average Bonchev–Trinajstić information content (AvgIpc) is 3.07. The van der Waals surface area contributed by atoms with Gasteiger partial charge in [-0.3, -0.25) is 9.59 Å². The van der Waals surface area contributed by atoms with Gasteiger partial charge >= 0.3 is 0 Å². The largest absolute Gasteiger partial charge is 0.365 e. The summed E-state index contributed by atoms with van der Waals surface area (Å²) in [6.45, 7) is 0. The van der Waals surface area contributed by atoms with Gasteiger partial charge in [0.2, 0.25) is 5.91 Å². The van der Waals surface area contributed by atoms with Crippen LogP contribution in [0.25, 0.3) is 0 Å². The number of thiophene rings is 1. The maximum absolute atomic E-state index is 12.2. The van der Waals surface area contributed by atoms with Crippen molar-refractivity contribution < 1.29 is 9.59 Å². The molecule has 0 aliphatic heterocycles. The van der Waals surface area contributed by atoms with Crippen LogP contribution >= 0.6 is 23.1 Å². The summed E-state index contributed by atoms with van der Waals surface area (Å²) in [5, 5.41) is 11.8. The third-order valence-corrected chi connectivity index (χ3v) is 5.91. The molecule has 0 saturated heterocycles. The van der Waals surface area contributed by atoms with Crippen LogP contribution in [0.4, 0.5) is 5.00 Å². The van der Waals surface area contributed by atoms with Gasteiger partial charge in [0.05, 0.1) is 11.3 Å². The number of primary amides is 1. The zero-order chi connectivity index (χ0) is 16.4. The van der Waals surface area contributed by atoms with Crippen LogP contribution in [0, 0.1) is 0 Å². The molecule has 0 bridgehead atoms. The maximum Gasteiger partial charge on any atom is 0.251 e. The molecule has 0 radical (unpaired) electrons. The van der Waals surface area contributed by atoms with Crippen molar-refractivity contribution in [2.75, 3.05) is 11.1 Å². The number of nitrogens with one attached hydrogen (secondary N) is 1. The molecule has 2 amide bonds. The van der Waals surface area contributed by atoms with Crippen LogP contribution < -0.4 is 11.1 Å². The summed E-state index contributed by atoms with van der Waals surface area (Å²) >= 11 is 2.77. The van der Waals surface area contributed by atoms with Crippen molar-refractivity contribution in [3.8, 4) is 0 Å². The van der Waals surface area contributed by atoms with Crippen molar-refractivity contribution in [1.82, 2.24) is 14.8 Å².